The molecular weight excluding hydrogens is 370 g/mol. The van der Waals surface area contributed by atoms with Gasteiger partial charge in [0, 0.05) is 10.0 Å². The molecule has 2 aromatic rings. The smallest absolute Gasteiger partial charge is 0.251 e. The number of rotatable bonds is 3. The van der Waals surface area contributed by atoms with Gasteiger partial charge in [-0.05, 0) is 30.7 Å². The quantitative estimate of drug-likeness (QED) is 0.860. The molecule has 114 valence electrons. The molecule has 0 saturated heterocycles. The zero-order chi connectivity index (χ0) is 15.7. The summed E-state index contributed by atoms with van der Waals surface area (Å²) in [4.78, 5) is 12.4. The Hall–Kier alpha value is -1.72. The third-order valence-corrected chi connectivity index (χ3v) is 4.41. The number of amides is 1. The zero-order valence-corrected chi connectivity index (χ0v) is 14.1. The molecule has 1 heterocycles. The molecule has 1 aliphatic heterocycles. The molecule has 4 nitrogen and oxygen atoms in total. The van der Waals surface area contributed by atoms with Crippen molar-refractivity contribution in [3.05, 3.63) is 57.0 Å². The van der Waals surface area contributed by atoms with E-state index >= 15 is 0 Å². The van der Waals surface area contributed by atoms with Crippen LogP contribution in [0.2, 0.25) is 5.02 Å². The highest BCUT2D eigenvalue weighted by Crippen LogP contribution is 2.39. The van der Waals surface area contributed by atoms with Gasteiger partial charge in [0.1, 0.15) is 0 Å². The zero-order valence-electron chi connectivity index (χ0n) is 11.7. The fourth-order valence-corrected chi connectivity index (χ4v) is 3.18. The van der Waals surface area contributed by atoms with E-state index in [1.807, 2.05) is 31.2 Å². The summed E-state index contributed by atoms with van der Waals surface area (Å²) >= 11 is 9.59. The SMILES string of the molecule is C[C@H](NC(=O)c1cc(Cl)c2c(c1)OCO2)c1ccccc1Br. The number of carbonyl (C=O) groups is 1. The minimum atomic E-state index is -0.219. The van der Waals surface area contributed by atoms with Crippen molar-refractivity contribution in [1.82, 2.24) is 5.32 Å². The molecule has 0 fully saturated rings. The highest BCUT2D eigenvalue weighted by Gasteiger charge is 2.21. The van der Waals surface area contributed by atoms with E-state index in [1.54, 1.807) is 12.1 Å². The van der Waals surface area contributed by atoms with Crippen molar-refractivity contribution in [1.29, 1.82) is 0 Å². The molecule has 0 unspecified atom stereocenters. The van der Waals surface area contributed by atoms with Gasteiger partial charge in [0.25, 0.3) is 5.91 Å². The van der Waals surface area contributed by atoms with Gasteiger partial charge in [0.2, 0.25) is 6.79 Å². The van der Waals surface area contributed by atoms with Gasteiger partial charge in [-0.15, -0.1) is 0 Å². The molecule has 1 atom stereocenters. The van der Waals surface area contributed by atoms with Gasteiger partial charge in [0.05, 0.1) is 11.1 Å². The Bertz CT molecular complexity index is 735. The van der Waals surface area contributed by atoms with Crippen molar-refractivity contribution in [3.8, 4) is 11.5 Å². The van der Waals surface area contributed by atoms with Gasteiger partial charge in [0.15, 0.2) is 11.5 Å². The molecule has 1 aliphatic rings. The predicted molar refractivity (Wildman–Crippen MR) is 87.6 cm³/mol. The third kappa shape index (κ3) is 2.91. The number of carbonyl (C=O) groups excluding carboxylic acids is 1. The number of fused-ring (bicyclic) bond motifs is 1. The van der Waals surface area contributed by atoms with Crippen molar-refractivity contribution >= 4 is 33.4 Å². The van der Waals surface area contributed by atoms with Crippen LogP contribution in [0.25, 0.3) is 0 Å². The van der Waals surface area contributed by atoms with Crippen molar-refractivity contribution < 1.29 is 14.3 Å². The lowest BCUT2D eigenvalue weighted by atomic mass is 10.1. The van der Waals surface area contributed by atoms with E-state index in [4.69, 9.17) is 21.1 Å². The molecule has 1 N–H and O–H groups in total. The molecule has 6 heteroatoms. The van der Waals surface area contributed by atoms with Crippen molar-refractivity contribution in [2.24, 2.45) is 0 Å². The second kappa shape index (κ2) is 6.18. The van der Waals surface area contributed by atoms with Crippen molar-refractivity contribution in [3.63, 3.8) is 0 Å². The van der Waals surface area contributed by atoms with Crippen LogP contribution >= 0.6 is 27.5 Å². The maximum atomic E-state index is 12.4. The number of benzene rings is 2. The van der Waals surface area contributed by atoms with Crippen LogP contribution in [0.5, 0.6) is 11.5 Å². The Morgan fingerprint density at radius 3 is 2.86 bits per heavy atom. The van der Waals surface area contributed by atoms with Gasteiger partial charge in [-0.3, -0.25) is 4.79 Å². The second-order valence-corrected chi connectivity index (χ2v) is 6.17. The summed E-state index contributed by atoms with van der Waals surface area (Å²) < 4.78 is 11.5. The van der Waals surface area contributed by atoms with Crippen LogP contribution in [-0.4, -0.2) is 12.7 Å². The first kappa shape index (κ1) is 15.2. The average Bonchev–Trinajstić information content (AvgIpc) is 2.96. The summed E-state index contributed by atoms with van der Waals surface area (Å²) in [5.41, 5.74) is 1.44. The van der Waals surface area contributed by atoms with Crippen LogP contribution in [0.4, 0.5) is 0 Å². The monoisotopic (exact) mass is 381 g/mol. The Kier molecular flexibility index (Phi) is 4.27. The van der Waals surface area contributed by atoms with Gasteiger partial charge in [-0.1, -0.05) is 45.7 Å². The van der Waals surface area contributed by atoms with Crippen molar-refractivity contribution in [2.75, 3.05) is 6.79 Å². The molecule has 22 heavy (non-hydrogen) atoms. The van der Waals surface area contributed by atoms with Crippen LogP contribution in [0.1, 0.15) is 28.9 Å². The molecular formula is C16H13BrClNO3. The maximum absolute atomic E-state index is 12.4. The Morgan fingerprint density at radius 1 is 1.32 bits per heavy atom. The van der Waals surface area contributed by atoms with E-state index in [1.165, 1.54) is 0 Å². The number of halogens is 2. The Labute approximate surface area is 141 Å². The van der Waals surface area contributed by atoms with Gasteiger partial charge >= 0.3 is 0 Å². The lowest BCUT2D eigenvalue weighted by Gasteiger charge is -2.16. The van der Waals surface area contributed by atoms with E-state index in [9.17, 15) is 4.79 Å². The van der Waals surface area contributed by atoms with E-state index < -0.39 is 0 Å². The molecule has 0 saturated carbocycles. The first-order valence-electron chi connectivity index (χ1n) is 6.70. The average molecular weight is 383 g/mol. The van der Waals surface area contributed by atoms with Crippen molar-refractivity contribution in [2.45, 2.75) is 13.0 Å². The number of hydrogen-bond acceptors (Lipinski definition) is 3. The predicted octanol–water partition coefficient (Wildman–Crippen LogP) is 4.32. The summed E-state index contributed by atoms with van der Waals surface area (Å²) in [7, 11) is 0. The summed E-state index contributed by atoms with van der Waals surface area (Å²) in [6.45, 7) is 2.04. The van der Waals surface area contributed by atoms with E-state index in [0.29, 0.717) is 22.1 Å². The first-order chi connectivity index (χ1) is 10.6. The summed E-state index contributed by atoms with van der Waals surface area (Å²) in [5, 5.41) is 3.32. The van der Waals surface area contributed by atoms with E-state index in [2.05, 4.69) is 21.2 Å². The van der Waals surface area contributed by atoms with Crippen LogP contribution in [0, 0.1) is 0 Å². The van der Waals surface area contributed by atoms with Crippen LogP contribution < -0.4 is 14.8 Å². The molecule has 2 aromatic carbocycles. The maximum Gasteiger partial charge on any atom is 0.251 e. The van der Waals surface area contributed by atoms with Crippen LogP contribution in [0.15, 0.2) is 40.9 Å². The molecule has 0 bridgehead atoms. The van der Waals surface area contributed by atoms with E-state index in [0.717, 1.165) is 10.0 Å². The van der Waals surface area contributed by atoms with Gasteiger partial charge in [-0.2, -0.15) is 0 Å². The van der Waals surface area contributed by atoms with Crippen LogP contribution in [-0.2, 0) is 0 Å². The lowest BCUT2D eigenvalue weighted by molar-refractivity contribution is 0.0939. The summed E-state index contributed by atoms with van der Waals surface area (Å²) in [6, 6.07) is 10.8. The van der Waals surface area contributed by atoms with E-state index in [-0.39, 0.29) is 18.7 Å². The van der Waals surface area contributed by atoms with Gasteiger partial charge in [-0.25, -0.2) is 0 Å². The molecule has 1 amide bonds. The number of hydrogen-bond donors (Lipinski definition) is 1. The second-order valence-electron chi connectivity index (χ2n) is 4.91. The Morgan fingerprint density at radius 2 is 2.09 bits per heavy atom. The standard InChI is InChI=1S/C16H13BrClNO3/c1-9(11-4-2-3-5-12(11)17)19-16(20)10-6-13(18)15-14(7-10)21-8-22-15/h2-7,9H,8H2,1H3,(H,19,20)/t9-/m0/s1. The fourth-order valence-electron chi connectivity index (χ4n) is 2.28. The highest BCUT2D eigenvalue weighted by atomic mass is 79.9. The van der Waals surface area contributed by atoms with Crippen LogP contribution in [0.3, 0.4) is 0 Å². The molecule has 0 radical (unpaired) electrons. The fraction of sp³-hybridized carbons (Fsp3) is 0.188. The normalized spacial score (nSPS) is 13.8. The number of nitrogens with one attached hydrogen (secondary N) is 1. The lowest BCUT2D eigenvalue weighted by Crippen LogP contribution is -2.26. The first-order valence-corrected chi connectivity index (χ1v) is 7.88. The topological polar surface area (TPSA) is 47.6 Å². The van der Waals surface area contributed by atoms with Gasteiger partial charge < -0.3 is 14.8 Å². The molecule has 0 aromatic heterocycles. The summed E-state index contributed by atoms with van der Waals surface area (Å²) in [6.07, 6.45) is 0. The molecule has 0 spiro atoms. The minimum absolute atomic E-state index is 0.119. The number of ether oxygens (including phenoxy) is 2. The minimum Gasteiger partial charge on any atom is -0.454 e. The highest BCUT2D eigenvalue weighted by molar-refractivity contribution is 9.10. The largest absolute Gasteiger partial charge is 0.454 e. The molecule has 3 rings (SSSR count). The summed E-state index contributed by atoms with van der Waals surface area (Å²) in [5.74, 6) is 0.756. The Balaban J connectivity index is 1.80. The molecule has 0 aliphatic carbocycles. The third-order valence-electron chi connectivity index (χ3n) is 3.41.